The number of halogens is 1. The van der Waals surface area contributed by atoms with Crippen molar-refractivity contribution >= 4 is 15.9 Å². The maximum Gasteiger partial charge on any atom is 0.105 e. The molecule has 0 heterocycles. The van der Waals surface area contributed by atoms with Crippen LogP contribution in [0.2, 0.25) is 0 Å². The summed E-state index contributed by atoms with van der Waals surface area (Å²) in [7, 11) is 0. The fourth-order valence-corrected chi connectivity index (χ4v) is 2.79. The van der Waals surface area contributed by atoms with Crippen LogP contribution in [0.4, 0.5) is 0 Å². The molecule has 0 bridgehead atoms. The van der Waals surface area contributed by atoms with Crippen molar-refractivity contribution in [1.82, 2.24) is 0 Å². The van der Waals surface area contributed by atoms with E-state index in [4.69, 9.17) is 0 Å². The molecule has 2 rings (SSSR count). The summed E-state index contributed by atoms with van der Waals surface area (Å²) >= 11 is 3.53. The lowest BCUT2D eigenvalue weighted by molar-refractivity contribution is 0.218. The SMILES string of the molecule is Cc1cc(C(O)c2cccc(C)c2C)c(C)cc1Br. The number of benzene rings is 2. The van der Waals surface area contributed by atoms with Gasteiger partial charge in [0.05, 0.1) is 0 Å². The molecule has 1 atom stereocenters. The standard InChI is InChI=1S/C17H19BrO/c1-10-6-5-7-14(13(10)4)17(19)15-8-12(3)16(18)9-11(15)2/h5-9,17,19H,1-4H3. The van der Waals surface area contributed by atoms with Crippen LogP contribution in [0.3, 0.4) is 0 Å². The predicted molar refractivity (Wildman–Crippen MR) is 83.6 cm³/mol. The van der Waals surface area contributed by atoms with Crippen molar-refractivity contribution < 1.29 is 5.11 Å². The van der Waals surface area contributed by atoms with Gasteiger partial charge in [0.1, 0.15) is 6.10 Å². The molecule has 0 saturated carbocycles. The zero-order chi connectivity index (χ0) is 14.2. The lowest BCUT2D eigenvalue weighted by Gasteiger charge is -2.18. The van der Waals surface area contributed by atoms with Crippen LogP contribution in [0.5, 0.6) is 0 Å². The number of rotatable bonds is 2. The van der Waals surface area contributed by atoms with Gasteiger partial charge in [0, 0.05) is 4.47 Å². The van der Waals surface area contributed by atoms with E-state index < -0.39 is 6.10 Å². The average molecular weight is 319 g/mol. The molecule has 1 nitrogen and oxygen atoms in total. The second kappa shape index (κ2) is 5.48. The van der Waals surface area contributed by atoms with E-state index in [0.29, 0.717) is 0 Å². The Bertz CT molecular complexity index is 617. The Morgan fingerprint density at radius 2 is 1.58 bits per heavy atom. The number of hydrogen-bond donors (Lipinski definition) is 1. The third kappa shape index (κ3) is 2.75. The summed E-state index contributed by atoms with van der Waals surface area (Å²) in [5.74, 6) is 0. The Labute approximate surface area is 123 Å². The van der Waals surface area contributed by atoms with Crippen LogP contribution in [0.15, 0.2) is 34.8 Å². The molecule has 2 aromatic carbocycles. The molecule has 0 aliphatic carbocycles. The Balaban J connectivity index is 2.53. The monoisotopic (exact) mass is 318 g/mol. The van der Waals surface area contributed by atoms with Crippen LogP contribution in [0.1, 0.15) is 39.5 Å². The second-order valence-electron chi connectivity index (χ2n) is 5.15. The quantitative estimate of drug-likeness (QED) is 0.846. The maximum absolute atomic E-state index is 10.7. The van der Waals surface area contributed by atoms with E-state index in [1.807, 2.05) is 26.0 Å². The van der Waals surface area contributed by atoms with Crippen molar-refractivity contribution in [3.63, 3.8) is 0 Å². The van der Waals surface area contributed by atoms with E-state index in [0.717, 1.165) is 32.3 Å². The summed E-state index contributed by atoms with van der Waals surface area (Å²) < 4.78 is 1.09. The molecule has 0 amide bonds. The molecule has 19 heavy (non-hydrogen) atoms. The molecule has 2 aromatic rings. The normalized spacial score (nSPS) is 12.5. The van der Waals surface area contributed by atoms with Crippen LogP contribution < -0.4 is 0 Å². The summed E-state index contributed by atoms with van der Waals surface area (Å²) in [6.07, 6.45) is -0.563. The molecule has 2 heteroatoms. The summed E-state index contributed by atoms with van der Waals surface area (Å²) in [6, 6.07) is 10.2. The van der Waals surface area contributed by atoms with E-state index in [-0.39, 0.29) is 0 Å². The van der Waals surface area contributed by atoms with Crippen molar-refractivity contribution in [2.24, 2.45) is 0 Å². The first-order valence-electron chi connectivity index (χ1n) is 6.42. The number of aryl methyl sites for hydroxylation is 3. The first-order chi connectivity index (χ1) is 8.91. The Morgan fingerprint density at radius 3 is 2.26 bits per heavy atom. The topological polar surface area (TPSA) is 20.2 Å². The van der Waals surface area contributed by atoms with E-state index in [2.05, 4.69) is 48.0 Å². The molecule has 1 N–H and O–H groups in total. The van der Waals surface area contributed by atoms with Crippen molar-refractivity contribution in [1.29, 1.82) is 0 Å². The molecule has 0 spiro atoms. The summed E-state index contributed by atoms with van der Waals surface area (Å²) in [4.78, 5) is 0. The average Bonchev–Trinajstić information content (AvgIpc) is 2.36. The molecule has 0 aliphatic heterocycles. The van der Waals surface area contributed by atoms with Crippen molar-refractivity contribution in [3.8, 4) is 0 Å². The van der Waals surface area contributed by atoms with Gasteiger partial charge in [-0.25, -0.2) is 0 Å². The van der Waals surface area contributed by atoms with Gasteiger partial charge in [-0.3, -0.25) is 0 Å². The van der Waals surface area contributed by atoms with Gasteiger partial charge in [-0.2, -0.15) is 0 Å². The van der Waals surface area contributed by atoms with Crippen molar-refractivity contribution in [3.05, 3.63) is 68.2 Å². The minimum Gasteiger partial charge on any atom is -0.384 e. The fraction of sp³-hybridized carbons (Fsp3) is 0.294. The first kappa shape index (κ1) is 14.3. The lowest BCUT2D eigenvalue weighted by Crippen LogP contribution is -2.05. The van der Waals surface area contributed by atoms with E-state index in [1.165, 1.54) is 5.56 Å². The Hall–Kier alpha value is -1.12. The van der Waals surface area contributed by atoms with Gasteiger partial charge in [0.15, 0.2) is 0 Å². The predicted octanol–water partition coefficient (Wildman–Crippen LogP) is 4.76. The van der Waals surface area contributed by atoms with Gasteiger partial charge in [0.2, 0.25) is 0 Å². The highest BCUT2D eigenvalue weighted by molar-refractivity contribution is 9.10. The molecule has 0 saturated heterocycles. The van der Waals surface area contributed by atoms with E-state index >= 15 is 0 Å². The van der Waals surface area contributed by atoms with Gasteiger partial charge in [-0.05, 0) is 67.1 Å². The van der Waals surface area contributed by atoms with Gasteiger partial charge >= 0.3 is 0 Å². The smallest absolute Gasteiger partial charge is 0.105 e. The van der Waals surface area contributed by atoms with Gasteiger partial charge in [-0.15, -0.1) is 0 Å². The lowest BCUT2D eigenvalue weighted by atomic mass is 9.92. The fourth-order valence-electron chi connectivity index (χ4n) is 2.34. The molecule has 0 aromatic heterocycles. The molecule has 0 radical (unpaired) electrons. The van der Waals surface area contributed by atoms with Crippen LogP contribution in [0, 0.1) is 27.7 Å². The molecule has 100 valence electrons. The second-order valence-corrected chi connectivity index (χ2v) is 6.00. The number of aliphatic hydroxyl groups excluding tert-OH is 1. The number of aliphatic hydroxyl groups is 1. The Kier molecular flexibility index (Phi) is 4.12. The maximum atomic E-state index is 10.7. The molecule has 1 unspecified atom stereocenters. The van der Waals surface area contributed by atoms with Crippen LogP contribution in [0.25, 0.3) is 0 Å². The highest BCUT2D eigenvalue weighted by atomic mass is 79.9. The zero-order valence-electron chi connectivity index (χ0n) is 11.8. The summed E-state index contributed by atoms with van der Waals surface area (Å²) in [5, 5.41) is 10.7. The van der Waals surface area contributed by atoms with Crippen LogP contribution in [-0.2, 0) is 0 Å². The van der Waals surface area contributed by atoms with Crippen molar-refractivity contribution in [2.45, 2.75) is 33.8 Å². The highest BCUT2D eigenvalue weighted by Gasteiger charge is 2.16. The third-order valence-electron chi connectivity index (χ3n) is 3.78. The minimum absolute atomic E-state index is 0.563. The summed E-state index contributed by atoms with van der Waals surface area (Å²) in [5.41, 5.74) is 6.59. The number of hydrogen-bond acceptors (Lipinski definition) is 1. The van der Waals surface area contributed by atoms with Gasteiger partial charge in [-0.1, -0.05) is 40.2 Å². The van der Waals surface area contributed by atoms with Gasteiger partial charge < -0.3 is 5.11 Å². The first-order valence-corrected chi connectivity index (χ1v) is 7.22. The largest absolute Gasteiger partial charge is 0.384 e. The van der Waals surface area contributed by atoms with Crippen LogP contribution in [-0.4, -0.2) is 5.11 Å². The molecular weight excluding hydrogens is 300 g/mol. The summed E-state index contributed by atoms with van der Waals surface area (Å²) in [6.45, 7) is 8.22. The molecular formula is C17H19BrO. The Morgan fingerprint density at radius 1 is 0.895 bits per heavy atom. The zero-order valence-corrected chi connectivity index (χ0v) is 13.4. The van der Waals surface area contributed by atoms with Crippen molar-refractivity contribution in [2.75, 3.05) is 0 Å². The molecule has 0 aliphatic rings. The van der Waals surface area contributed by atoms with Gasteiger partial charge in [0.25, 0.3) is 0 Å². The van der Waals surface area contributed by atoms with Crippen LogP contribution >= 0.6 is 15.9 Å². The third-order valence-corrected chi connectivity index (χ3v) is 4.64. The molecule has 0 fully saturated rings. The highest BCUT2D eigenvalue weighted by Crippen LogP contribution is 2.31. The van der Waals surface area contributed by atoms with E-state index in [9.17, 15) is 5.11 Å². The van der Waals surface area contributed by atoms with E-state index in [1.54, 1.807) is 0 Å². The minimum atomic E-state index is -0.563.